The van der Waals surface area contributed by atoms with E-state index in [0.717, 1.165) is 5.69 Å². The van der Waals surface area contributed by atoms with Crippen molar-refractivity contribution in [1.82, 2.24) is 39.8 Å². The van der Waals surface area contributed by atoms with Crippen LogP contribution in [0.25, 0.3) is 5.78 Å². The first-order valence-electron chi connectivity index (χ1n) is 5.46. The summed E-state index contributed by atoms with van der Waals surface area (Å²) in [6, 6.07) is 1.80. The lowest BCUT2D eigenvalue weighted by atomic mass is 10.5. The lowest BCUT2D eigenvalue weighted by molar-refractivity contribution is -0.138. The van der Waals surface area contributed by atoms with E-state index < -0.39 is 5.97 Å². The minimum absolute atomic E-state index is 0.306. The summed E-state index contributed by atoms with van der Waals surface area (Å²) in [7, 11) is 0. The summed E-state index contributed by atoms with van der Waals surface area (Å²) in [5.74, 6) is -0.555. The lowest BCUT2D eigenvalue weighted by Crippen LogP contribution is -2.11. The molecule has 0 radical (unpaired) electrons. The molecule has 3 rings (SSSR count). The predicted molar refractivity (Wildman–Crippen MR) is 65.1 cm³/mol. The monoisotopic (exact) mass is 292 g/mol. The van der Waals surface area contributed by atoms with Crippen LogP contribution >= 0.6 is 11.8 Å². The van der Waals surface area contributed by atoms with Crippen LogP contribution < -0.4 is 0 Å². The number of carbonyl (C=O) groups is 1. The molecule has 0 amide bonds. The van der Waals surface area contributed by atoms with Crippen LogP contribution in [0.3, 0.4) is 0 Å². The summed E-state index contributed by atoms with van der Waals surface area (Å²) in [5, 5.41) is 24.8. The van der Waals surface area contributed by atoms with Gasteiger partial charge >= 0.3 is 5.97 Å². The Labute approximate surface area is 115 Å². The van der Waals surface area contributed by atoms with E-state index in [1.807, 2.05) is 6.92 Å². The topological polar surface area (TPSA) is 124 Å². The summed E-state index contributed by atoms with van der Waals surface area (Å²) < 4.78 is 2.74. The Hall–Kier alpha value is -2.56. The van der Waals surface area contributed by atoms with Gasteiger partial charge in [0, 0.05) is 5.69 Å². The minimum atomic E-state index is -1.02. The third-order valence-corrected chi connectivity index (χ3v) is 3.30. The molecule has 0 fully saturated rings. The standard InChI is InChI=1S/C9H8N8O2S/c1-5-2-6(17-8(12-5)10-4-11-17)20-9-13-14-15-16(9)3-7(18)19/h2,4H,3H2,1H3,(H,18,19). The number of aryl methyl sites for hydroxylation is 1. The maximum atomic E-state index is 10.7. The van der Waals surface area contributed by atoms with Gasteiger partial charge in [-0.25, -0.2) is 9.67 Å². The number of carboxylic acid groups (broad SMARTS) is 1. The summed E-state index contributed by atoms with van der Waals surface area (Å²) in [6.45, 7) is 1.53. The summed E-state index contributed by atoms with van der Waals surface area (Å²) in [5.41, 5.74) is 0.769. The molecule has 3 heterocycles. The molecule has 3 aromatic rings. The Bertz CT molecular complexity index is 781. The third kappa shape index (κ3) is 2.30. The highest BCUT2D eigenvalue weighted by Crippen LogP contribution is 2.25. The van der Waals surface area contributed by atoms with Crippen LogP contribution in [-0.4, -0.2) is 50.9 Å². The van der Waals surface area contributed by atoms with Crippen molar-refractivity contribution in [2.45, 2.75) is 23.7 Å². The van der Waals surface area contributed by atoms with Gasteiger partial charge in [-0.1, -0.05) is 0 Å². The van der Waals surface area contributed by atoms with Crippen LogP contribution in [0, 0.1) is 6.92 Å². The maximum absolute atomic E-state index is 10.7. The fourth-order valence-electron chi connectivity index (χ4n) is 1.56. The van der Waals surface area contributed by atoms with Crippen LogP contribution in [0.2, 0.25) is 0 Å². The molecule has 10 nitrogen and oxygen atoms in total. The summed E-state index contributed by atoms with van der Waals surface area (Å²) in [4.78, 5) is 19.0. The average molecular weight is 292 g/mol. The van der Waals surface area contributed by atoms with Crippen molar-refractivity contribution >= 4 is 23.5 Å². The van der Waals surface area contributed by atoms with Crippen molar-refractivity contribution in [3.05, 3.63) is 18.1 Å². The Balaban J connectivity index is 1.99. The van der Waals surface area contributed by atoms with Crippen LogP contribution in [-0.2, 0) is 11.3 Å². The van der Waals surface area contributed by atoms with Gasteiger partial charge in [-0.3, -0.25) is 4.79 Å². The van der Waals surface area contributed by atoms with E-state index >= 15 is 0 Å². The molecule has 20 heavy (non-hydrogen) atoms. The third-order valence-electron chi connectivity index (χ3n) is 2.33. The second-order valence-electron chi connectivity index (χ2n) is 3.82. The number of aliphatic carboxylic acids is 1. The van der Waals surface area contributed by atoms with Crippen molar-refractivity contribution in [3.8, 4) is 0 Å². The SMILES string of the molecule is Cc1cc(Sc2nnnn2CC(=O)O)n2ncnc2n1. The highest BCUT2D eigenvalue weighted by Gasteiger charge is 2.14. The van der Waals surface area contributed by atoms with Gasteiger partial charge in [0.15, 0.2) is 0 Å². The number of nitrogens with zero attached hydrogens (tertiary/aromatic N) is 8. The van der Waals surface area contributed by atoms with Crippen molar-refractivity contribution in [1.29, 1.82) is 0 Å². The molecule has 0 unspecified atom stereocenters. The summed E-state index contributed by atoms with van der Waals surface area (Å²) in [6.07, 6.45) is 1.39. The van der Waals surface area contributed by atoms with Gasteiger partial charge in [-0.15, -0.1) is 5.10 Å². The normalized spacial score (nSPS) is 11.1. The fraction of sp³-hybridized carbons (Fsp3) is 0.222. The van der Waals surface area contributed by atoms with Crippen LogP contribution in [0.4, 0.5) is 0 Å². The molecule has 0 aliphatic rings. The Morgan fingerprint density at radius 2 is 2.35 bits per heavy atom. The lowest BCUT2D eigenvalue weighted by Gasteiger charge is -2.04. The highest BCUT2D eigenvalue weighted by atomic mass is 32.2. The second-order valence-corrected chi connectivity index (χ2v) is 4.81. The molecule has 1 N–H and O–H groups in total. The Kier molecular flexibility index (Phi) is 3.02. The fourth-order valence-corrected chi connectivity index (χ4v) is 2.48. The zero-order valence-corrected chi connectivity index (χ0v) is 11.0. The van der Waals surface area contributed by atoms with Crippen molar-refractivity contribution in [3.63, 3.8) is 0 Å². The molecular formula is C9H8N8O2S. The molecule has 0 saturated heterocycles. The molecule has 0 aromatic carbocycles. The van der Waals surface area contributed by atoms with Gasteiger partial charge in [0.2, 0.25) is 5.16 Å². The Morgan fingerprint density at radius 3 is 3.15 bits per heavy atom. The zero-order valence-electron chi connectivity index (χ0n) is 10.2. The van der Waals surface area contributed by atoms with Gasteiger partial charge in [0.25, 0.3) is 5.78 Å². The first-order valence-corrected chi connectivity index (χ1v) is 6.28. The molecule has 11 heteroatoms. The van der Waals surface area contributed by atoms with Crippen LogP contribution in [0.15, 0.2) is 22.6 Å². The molecule has 0 saturated carbocycles. The first-order chi connectivity index (χ1) is 9.63. The molecule has 3 aromatic heterocycles. The minimum Gasteiger partial charge on any atom is -0.480 e. The van der Waals surface area contributed by atoms with Crippen molar-refractivity contribution in [2.24, 2.45) is 0 Å². The zero-order chi connectivity index (χ0) is 14.1. The second kappa shape index (κ2) is 4.85. The Morgan fingerprint density at radius 1 is 1.50 bits per heavy atom. The number of rotatable bonds is 4. The molecule has 102 valence electrons. The van der Waals surface area contributed by atoms with Crippen LogP contribution in [0.5, 0.6) is 0 Å². The number of fused-ring (bicyclic) bond motifs is 1. The molecule has 0 aliphatic carbocycles. The van der Waals surface area contributed by atoms with Gasteiger partial charge in [0.05, 0.1) is 0 Å². The van der Waals surface area contributed by atoms with Gasteiger partial charge in [-0.2, -0.15) is 14.6 Å². The number of carboxylic acids is 1. The first kappa shape index (κ1) is 12.5. The van der Waals surface area contributed by atoms with E-state index in [-0.39, 0.29) is 6.54 Å². The van der Waals surface area contributed by atoms with Gasteiger partial charge < -0.3 is 5.11 Å². The molecule has 0 spiro atoms. The van der Waals surface area contributed by atoms with Crippen molar-refractivity contribution in [2.75, 3.05) is 0 Å². The van der Waals surface area contributed by atoms with E-state index in [2.05, 4.69) is 30.6 Å². The smallest absolute Gasteiger partial charge is 0.325 e. The van der Waals surface area contributed by atoms with Gasteiger partial charge in [-0.05, 0) is 35.2 Å². The summed E-state index contributed by atoms with van der Waals surface area (Å²) >= 11 is 1.20. The van der Waals surface area contributed by atoms with E-state index in [1.165, 1.54) is 27.3 Å². The number of hydrogen-bond donors (Lipinski definition) is 1. The largest absolute Gasteiger partial charge is 0.480 e. The average Bonchev–Trinajstić information content (AvgIpc) is 2.98. The van der Waals surface area contributed by atoms with Crippen LogP contribution in [0.1, 0.15) is 5.69 Å². The van der Waals surface area contributed by atoms with E-state index in [4.69, 9.17) is 5.11 Å². The molecular weight excluding hydrogens is 284 g/mol. The molecule has 0 atom stereocenters. The molecule has 0 bridgehead atoms. The van der Waals surface area contributed by atoms with E-state index in [0.29, 0.717) is 16.0 Å². The molecule has 0 aliphatic heterocycles. The maximum Gasteiger partial charge on any atom is 0.325 e. The number of tetrazole rings is 1. The number of hydrogen-bond acceptors (Lipinski definition) is 8. The quantitative estimate of drug-likeness (QED) is 0.642. The van der Waals surface area contributed by atoms with Gasteiger partial charge in [0.1, 0.15) is 17.9 Å². The van der Waals surface area contributed by atoms with E-state index in [9.17, 15) is 4.79 Å². The van der Waals surface area contributed by atoms with E-state index in [1.54, 1.807) is 6.07 Å². The predicted octanol–water partition coefficient (Wildman–Crippen LogP) is -0.345. The highest BCUT2D eigenvalue weighted by molar-refractivity contribution is 7.99. The number of aromatic nitrogens is 8. The van der Waals surface area contributed by atoms with Crippen molar-refractivity contribution < 1.29 is 9.90 Å².